The van der Waals surface area contributed by atoms with Gasteiger partial charge in [-0.1, -0.05) is 11.3 Å². The molecular weight excluding hydrogens is 376 g/mol. The van der Waals surface area contributed by atoms with Crippen molar-refractivity contribution in [2.45, 2.75) is 26.2 Å². The highest BCUT2D eigenvalue weighted by Gasteiger charge is 2.13. The quantitative estimate of drug-likeness (QED) is 0.296. The molecule has 1 aromatic carbocycles. The van der Waals surface area contributed by atoms with Crippen LogP contribution in [-0.4, -0.2) is 39.4 Å². The van der Waals surface area contributed by atoms with Crippen LogP contribution in [0.2, 0.25) is 0 Å². The minimum absolute atomic E-state index is 0.0177. The zero-order valence-electron chi connectivity index (χ0n) is 14.3. The number of Topliss-reactive ketones (excluding diaryl/α,β-unsaturated/α-hetero) is 1. The van der Waals surface area contributed by atoms with Gasteiger partial charge in [-0.2, -0.15) is 0 Å². The number of esters is 1. The number of nitro groups is 1. The van der Waals surface area contributed by atoms with Crippen molar-refractivity contribution in [2.75, 3.05) is 11.9 Å². The second-order valence-electron chi connectivity index (χ2n) is 5.42. The highest BCUT2D eigenvalue weighted by Crippen LogP contribution is 2.14. The van der Waals surface area contributed by atoms with Crippen LogP contribution in [0.3, 0.4) is 0 Å². The summed E-state index contributed by atoms with van der Waals surface area (Å²) >= 11 is 1.25. The van der Waals surface area contributed by atoms with Gasteiger partial charge in [-0.05, 0) is 25.5 Å². The van der Waals surface area contributed by atoms with E-state index in [1.165, 1.54) is 35.6 Å². The summed E-state index contributed by atoms with van der Waals surface area (Å²) < 4.78 is 4.87. The number of nitrogens with one attached hydrogen (secondary N) is 1. The molecule has 0 atom stereocenters. The number of benzene rings is 1. The molecule has 1 amide bonds. The molecule has 0 aliphatic rings. The third-order valence-electron chi connectivity index (χ3n) is 3.32. The van der Waals surface area contributed by atoms with Gasteiger partial charge in [0.15, 0.2) is 12.4 Å². The zero-order valence-corrected chi connectivity index (χ0v) is 15.2. The Bertz CT molecular complexity index is 849. The van der Waals surface area contributed by atoms with Crippen molar-refractivity contribution in [3.63, 3.8) is 0 Å². The lowest BCUT2D eigenvalue weighted by atomic mass is 10.1. The fourth-order valence-electron chi connectivity index (χ4n) is 1.99. The molecule has 142 valence electrons. The molecule has 10 nitrogen and oxygen atoms in total. The van der Waals surface area contributed by atoms with Crippen LogP contribution in [0.25, 0.3) is 0 Å². The standard InChI is InChI=1S/C16H16N4O6S/c1-10-18-19-16(27-10)17-14(22)3-2-4-15(23)26-9-13(21)11-5-7-12(8-6-11)20(24)25/h5-8H,2-4,9H2,1H3,(H,17,19,22). The Morgan fingerprint density at radius 2 is 1.89 bits per heavy atom. The number of carbonyl (C=O) groups excluding carboxylic acids is 3. The van der Waals surface area contributed by atoms with E-state index in [0.717, 1.165) is 5.01 Å². The van der Waals surface area contributed by atoms with Gasteiger partial charge in [0.2, 0.25) is 11.0 Å². The Morgan fingerprint density at radius 3 is 2.48 bits per heavy atom. The van der Waals surface area contributed by atoms with Gasteiger partial charge in [-0.15, -0.1) is 10.2 Å². The van der Waals surface area contributed by atoms with Crippen molar-refractivity contribution >= 4 is 39.8 Å². The normalized spacial score (nSPS) is 10.3. The van der Waals surface area contributed by atoms with Crippen LogP contribution < -0.4 is 5.32 Å². The van der Waals surface area contributed by atoms with Crippen molar-refractivity contribution in [3.05, 3.63) is 45.0 Å². The fourth-order valence-corrected chi connectivity index (χ4v) is 2.60. The number of ketones is 1. The number of aromatic nitrogens is 2. The van der Waals surface area contributed by atoms with Gasteiger partial charge in [0.1, 0.15) is 5.01 Å². The first-order chi connectivity index (χ1) is 12.8. The van der Waals surface area contributed by atoms with Gasteiger partial charge in [-0.25, -0.2) is 0 Å². The number of nitro benzene ring substituents is 1. The second-order valence-corrected chi connectivity index (χ2v) is 6.60. The molecule has 2 aromatic rings. The summed E-state index contributed by atoms with van der Waals surface area (Å²) in [4.78, 5) is 45.2. The molecule has 1 aromatic heterocycles. The average molecular weight is 392 g/mol. The third kappa shape index (κ3) is 6.55. The predicted octanol–water partition coefficient (Wildman–Crippen LogP) is 2.29. The van der Waals surface area contributed by atoms with Crippen molar-refractivity contribution in [1.82, 2.24) is 10.2 Å². The molecule has 1 N–H and O–H groups in total. The molecule has 0 bridgehead atoms. The lowest BCUT2D eigenvalue weighted by molar-refractivity contribution is -0.384. The van der Waals surface area contributed by atoms with Gasteiger partial charge < -0.3 is 10.1 Å². The molecule has 0 radical (unpaired) electrons. The molecule has 0 saturated carbocycles. The maximum Gasteiger partial charge on any atom is 0.306 e. The van der Waals surface area contributed by atoms with Crippen molar-refractivity contribution < 1.29 is 24.0 Å². The number of non-ortho nitro benzene ring substituents is 1. The number of rotatable bonds is 9. The largest absolute Gasteiger partial charge is 0.457 e. The average Bonchev–Trinajstić information content (AvgIpc) is 3.04. The van der Waals surface area contributed by atoms with E-state index >= 15 is 0 Å². The van der Waals surface area contributed by atoms with Crippen LogP contribution >= 0.6 is 11.3 Å². The van der Waals surface area contributed by atoms with Crippen LogP contribution in [-0.2, 0) is 14.3 Å². The minimum atomic E-state index is -0.607. The van der Waals surface area contributed by atoms with E-state index in [4.69, 9.17) is 4.74 Å². The highest BCUT2D eigenvalue weighted by atomic mass is 32.1. The van der Waals surface area contributed by atoms with Gasteiger partial charge >= 0.3 is 5.97 Å². The number of anilines is 1. The van der Waals surface area contributed by atoms with Crippen molar-refractivity contribution in [3.8, 4) is 0 Å². The van der Waals surface area contributed by atoms with Gasteiger partial charge in [0, 0.05) is 30.5 Å². The molecule has 27 heavy (non-hydrogen) atoms. The summed E-state index contributed by atoms with van der Waals surface area (Å²) in [7, 11) is 0. The minimum Gasteiger partial charge on any atom is -0.457 e. The van der Waals surface area contributed by atoms with Crippen LogP contribution in [0.1, 0.15) is 34.6 Å². The maximum atomic E-state index is 11.9. The van der Waals surface area contributed by atoms with E-state index in [2.05, 4.69) is 15.5 Å². The zero-order chi connectivity index (χ0) is 19.8. The smallest absolute Gasteiger partial charge is 0.306 e. The first-order valence-corrected chi connectivity index (χ1v) is 8.70. The third-order valence-corrected chi connectivity index (χ3v) is 4.08. The molecule has 11 heteroatoms. The summed E-state index contributed by atoms with van der Waals surface area (Å²) in [6.45, 7) is 1.30. The van der Waals surface area contributed by atoms with E-state index in [0.29, 0.717) is 5.13 Å². The van der Waals surface area contributed by atoms with E-state index in [1.807, 2.05) is 0 Å². The van der Waals surface area contributed by atoms with E-state index < -0.39 is 23.3 Å². The molecule has 2 rings (SSSR count). The molecule has 0 unspecified atom stereocenters. The lowest BCUT2D eigenvalue weighted by Gasteiger charge is -2.04. The number of carbonyl (C=O) groups is 3. The first kappa shape index (κ1) is 20.1. The maximum absolute atomic E-state index is 11.9. The SMILES string of the molecule is Cc1nnc(NC(=O)CCCC(=O)OCC(=O)c2ccc([N+](=O)[O-])cc2)s1. The Hall–Kier alpha value is -3.21. The Labute approximate surface area is 157 Å². The highest BCUT2D eigenvalue weighted by molar-refractivity contribution is 7.15. The van der Waals surface area contributed by atoms with E-state index in [-0.39, 0.29) is 36.4 Å². The van der Waals surface area contributed by atoms with Gasteiger partial charge in [0.05, 0.1) is 4.92 Å². The van der Waals surface area contributed by atoms with E-state index in [9.17, 15) is 24.5 Å². The Kier molecular flexibility index (Phi) is 7.06. The molecule has 0 spiro atoms. The Morgan fingerprint density at radius 1 is 1.19 bits per heavy atom. The molecule has 1 heterocycles. The summed E-state index contributed by atoms with van der Waals surface area (Å²) in [6.07, 6.45) is 0.342. The summed E-state index contributed by atoms with van der Waals surface area (Å²) in [6, 6.07) is 5.00. The first-order valence-electron chi connectivity index (χ1n) is 7.88. The number of amides is 1. The number of ether oxygens (including phenoxy) is 1. The lowest BCUT2D eigenvalue weighted by Crippen LogP contribution is -2.15. The monoisotopic (exact) mass is 392 g/mol. The number of aryl methyl sites for hydroxylation is 1. The fraction of sp³-hybridized carbons (Fsp3) is 0.312. The second kappa shape index (κ2) is 9.48. The van der Waals surface area contributed by atoms with Crippen molar-refractivity contribution in [1.29, 1.82) is 0 Å². The number of nitrogens with zero attached hydrogens (tertiary/aromatic N) is 3. The summed E-state index contributed by atoms with van der Waals surface area (Å²) in [5.41, 5.74) is 0.0747. The Balaban J connectivity index is 1.67. The van der Waals surface area contributed by atoms with Crippen LogP contribution in [0.15, 0.2) is 24.3 Å². The van der Waals surface area contributed by atoms with Crippen molar-refractivity contribution in [2.24, 2.45) is 0 Å². The molecule has 0 aliphatic carbocycles. The molecule has 0 fully saturated rings. The topological polar surface area (TPSA) is 141 Å². The number of hydrogen-bond acceptors (Lipinski definition) is 9. The predicted molar refractivity (Wildman–Crippen MR) is 95.5 cm³/mol. The molecule has 0 aliphatic heterocycles. The summed E-state index contributed by atoms with van der Waals surface area (Å²) in [5, 5.41) is 21.8. The number of hydrogen-bond donors (Lipinski definition) is 1. The molecule has 0 saturated heterocycles. The summed E-state index contributed by atoms with van der Waals surface area (Å²) in [5.74, 6) is -1.37. The van der Waals surface area contributed by atoms with Crippen LogP contribution in [0.5, 0.6) is 0 Å². The van der Waals surface area contributed by atoms with Crippen LogP contribution in [0.4, 0.5) is 10.8 Å². The van der Waals surface area contributed by atoms with Gasteiger partial charge in [0.25, 0.3) is 5.69 Å². The van der Waals surface area contributed by atoms with Crippen LogP contribution in [0, 0.1) is 17.0 Å². The van der Waals surface area contributed by atoms with E-state index in [1.54, 1.807) is 6.92 Å². The van der Waals surface area contributed by atoms with Gasteiger partial charge in [-0.3, -0.25) is 24.5 Å². The molecular formula is C16H16N4O6S.